The Hall–Kier alpha value is -2.13. The Balaban J connectivity index is 2.30. The lowest BCUT2D eigenvalue weighted by Crippen LogP contribution is -2.30. The van der Waals surface area contributed by atoms with Crippen LogP contribution in [0.3, 0.4) is 0 Å². The number of aliphatic hydroxyl groups is 1. The molecule has 2 aromatic carbocycles. The maximum absolute atomic E-state index is 11.3. The van der Waals surface area contributed by atoms with E-state index in [1.54, 1.807) is 0 Å². The molecule has 2 N–H and O–H groups in total. The van der Waals surface area contributed by atoms with Gasteiger partial charge in [0.2, 0.25) is 5.91 Å². The van der Waals surface area contributed by atoms with Crippen molar-refractivity contribution >= 4 is 5.91 Å². The summed E-state index contributed by atoms with van der Waals surface area (Å²) in [4.78, 5) is 11.3. The molecule has 3 nitrogen and oxygen atoms in total. The van der Waals surface area contributed by atoms with E-state index in [-0.39, 0.29) is 5.91 Å². The largest absolute Gasteiger partial charge is 0.386 e. The van der Waals surface area contributed by atoms with Gasteiger partial charge in [-0.15, -0.1) is 0 Å². The molecule has 0 aromatic heterocycles. The minimum atomic E-state index is -0.771. The highest BCUT2D eigenvalue weighted by atomic mass is 16.3. The zero-order chi connectivity index (χ0) is 13.7. The Morgan fingerprint density at radius 2 is 1.42 bits per heavy atom. The van der Waals surface area contributed by atoms with E-state index < -0.39 is 12.1 Å². The van der Waals surface area contributed by atoms with Crippen LogP contribution >= 0.6 is 0 Å². The van der Waals surface area contributed by atoms with E-state index in [2.05, 4.69) is 5.32 Å². The standard InChI is InChI=1S/C16H17NO2/c1-12(18)17-15(13-8-4-2-5-9-13)16(19)14-10-6-3-7-11-14/h2-11,15-16,19H,1H3,(H,17,18)/t15-,16-/m0/s1. The van der Waals surface area contributed by atoms with Crippen LogP contribution in [0, 0.1) is 0 Å². The highest BCUT2D eigenvalue weighted by Gasteiger charge is 2.23. The molecule has 0 heterocycles. The van der Waals surface area contributed by atoms with Crippen LogP contribution in [-0.4, -0.2) is 11.0 Å². The Kier molecular flexibility index (Phi) is 4.31. The number of carbonyl (C=O) groups excluding carboxylic acids is 1. The Bertz CT molecular complexity index is 525. The monoisotopic (exact) mass is 255 g/mol. The summed E-state index contributed by atoms with van der Waals surface area (Å²) < 4.78 is 0. The Morgan fingerprint density at radius 1 is 0.947 bits per heavy atom. The molecule has 0 aliphatic heterocycles. The number of nitrogens with one attached hydrogen (secondary N) is 1. The molecule has 0 aliphatic carbocycles. The normalized spacial score (nSPS) is 13.6. The van der Waals surface area contributed by atoms with E-state index >= 15 is 0 Å². The molecule has 0 saturated carbocycles. The zero-order valence-electron chi connectivity index (χ0n) is 10.8. The molecule has 0 unspecified atom stereocenters. The molecule has 19 heavy (non-hydrogen) atoms. The van der Waals surface area contributed by atoms with E-state index in [9.17, 15) is 9.90 Å². The first-order chi connectivity index (χ1) is 9.18. The van der Waals surface area contributed by atoms with Crippen molar-refractivity contribution in [3.8, 4) is 0 Å². The van der Waals surface area contributed by atoms with E-state index in [0.29, 0.717) is 0 Å². The predicted octanol–water partition coefficient (Wildman–Crippen LogP) is 2.60. The summed E-state index contributed by atoms with van der Waals surface area (Å²) in [6.07, 6.45) is -0.771. The molecular formula is C16H17NO2. The third-order valence-corrected chi connectivity index (χ3v) is 2.97. The molecule has 0 saturated heterocycles. The van der Waals surface area contributed by atoms with Crippen molar-refractivity contribution in [3.63, 3.8) is 0 Å². The van der Waals surface area contributed by atoms with Crippen LogP contribution in [0.2, 0.25) is 0 Å². The van der Waals surface area contributed by atoms with E-state index in [4.69, 9.17) is 0 Å². The number of benzene rings is 2. The molecule has 1 amide bonds. The Labute approximate surface area is 112 Å². The first-order valence-electron chi connectivity index (χ1n) is 6.23. The average Bonchev–Trinajstić information content (AvgIpc) is 2.46. The molecule has 2 rings (SSSR count). The van der Waals surface area contributed by atoms with Gasteiger partial charge in [-0.05, 0) is 11.1 Å². The van der Waals surface area contributed by atoms with Crippen molar-refractivity contribution in [2.75, 3.05) is 0 Å². The van der Waals surface area contributed by atoms with Crippen LogP contribution in [-0.2, 0) is 4.79 Å². The summed E-state index contributed by atoms with van der Waals surface area (Å²) in [6, 6.07) is 18.4. The summed E-state index contributed by atoms with van der Waals surface area (Å²) in [7, 11) is 0. The predicted molar refractivity (Wildman–Crippen MR) is 74.4 cm³/mol. The molecule has 0 bridgehead atoms. The summed E-state index contributed by atoms with van der Waals surface area (Å²) in [5.74, 6) is -0.163. The van der Waals surface area contributed by atoms with Gasteiger partial charge in [0.25, 0.3) is 0 Å². The van der Waals surface area contributed by atoms with Crippen molar-refractivity contribution in [1.82, 2.24) is 5.32 Å². The van der Waals surface area contributed by atoms with Gasteiger partial charge < -0.3 is 10.4 Å². The topological polar surface area (TPSA) is 49.3 Å². The van der Waals surface area contributed by atoms with Crippen molar-refractivity contribution < 1.29 is 9.90 Å². The fourth-order valence-electron chi connectivity index (χ4n) is 2.07. The van der Waals surface area contributed by atoms with Gasteiger partial charge in [0.15, 0.2) is 0 Å². The van der Waals surface area contributed by atoms with Crippen LogP contribution in [0.1, 0.15) is 30.2 Å². The fraction of sp³-hybridized carbons (Fsp3) is 0.188. The molecule has 0 spiro atoms. The van der Waals surface area contributed by atoms with Crippen LogP contribution < -0.4 is 5.32 Å². The maximum Gasteiger partial charge on any atom is 0.217 e. The summed E-state index contributed by atoms with van der Waals surface area (Å²) in [6.45, 7) is 1.45. The SMILES string of the molecule is CC(=O)N[C@@H](c1ccccc1)[C@@H](O)c1ccccc1. The fourth-order valence-corrected chi connectivity index (χ4v) is 2.07. The Morgan fingerprint density at radius 3 is 1.89 bits per heavy atom. The number of amides is 1. The van der Waals surface area contributed by atoms with Crippen molar-refractivity contribution in [2.45, 2.75) is 19.1 Å². The molecule has 98 valence electrons. The van der Waals surface area contributed by atoms with Crippen LogP contribution in [0.5, 0.6) is 0 Å². The van der Waals surface area contributed by atoms with Crippen LogP contribution in [0.4, 0.5) is 0 Å². The number of hydrogen-bond donors (Lipinski definition) is 2. The van der Waals surface area contributed by atoms with Gasteiger partial charge in [-0.3, -0.25) is 4.79 Å². The van der Waals surface area contributed by atoms with Gasteiger partial charge in [-0.1, -0.05) is 60.7 Å². The molecule has 0 aliphatic rings. The third-order valence-electron chi connectivity index (χ3n) is 2.97. The molecule has 3 heteroatoms. The third kappa shape index (κ3) is 3.42. The molecular weight excluding hydrogens is 238 g/mol. The minimum absolute atomic E-state index is 0.163. The molecule has 2 aromatic rings. The van der Waals surface area contributed by atoms with Crippen molar-refractivity contribution in [1.29, 1.82) is 0 Å². The van der Waals surface area contributed by atoms with Gasteiger partial charge in [0.1, 0.15) is 6.10 Å². The number of aliphatic hydroxyl groups excluding tert-OH is 1. The molecule has 0 fully saturated rings. The van der Waals surface area contributed by atoms with Crippen molar-refractivity contribution in [2.24, 2.45) is 0 Å². The van der Waals surface area contributed by atoms with Crippen LogP contribution in [0.15, 0.2) is 60.7 Å². The first-order valence-corrected chi connectivity index (χ1v) is 6.23. The summed E-state index contributed by atoms with van der Waals surface area (Å²) in [5.41, 5.74) is 1.67. The number of hydrogen-bond acceptors (Lipinski definition) is 2. The van der Waals surface area contributed by atoms with E-state index in [1.807, 2.05) is 60.7 Å². The molecule has 0 radical (unpaired) electrons. The van der Waals surface area contributed by atoms with Crippen LogP contribution in [0.25, 0.3) is 0 Å². The number of carbonyl (C=O) groups is 1. The van der Waals surface area contributed by atoms with Gasteiger partial charge in [0.05, 0.1) is 6.04 Å². The van der Waals surface area contributed by atoms with E-state index in [1.165, 1.54) is 6.92 Å². The quantitative estimate of drug-likeness (QED) is 0.882. The lowest BCUT2D eigenvalue weighted by molar-refractivity contribution is -0.120. The van der Waals surface area contributed by atoms with Gasteiger partial charge in [-0.25, -0.2) is 0 Å². The van der Waals surface area contributed by atoms with Gasteiger partial charge >= 0.3 is 0 Å². The summed E-state index contributed by atoms with van der Waals surface area (Å²) >= 11 is 0. The molecule has 2 atom stereocenters. The second-order valence-corrected chi connectivity index (χ2v) is 4.44. The second-order valence-electron chi connectivity index (χ2n) is 4.44. The number of rotatable bonds is 4. The second kappa shape index (κ2) is 6.16. The average molecular weight is 255 g/mol. The maximum atomic E-state index is 11.3. The highest BCUT2D eigenvalue weighted by molar-refractivity contribution is 5.73. The van der Waals surface area contributed by atoms with E-state index in [0.717, 1.165) is 11.1 Å². The lowest BCUT2D eigenvalue weighted by atomic mass is 9.96. The smallest absolute Gasteiger partial charge is 0.217 e. The minimum Gasteiger partial charge on any atom is -0.386 e. The lowest BCUT2D eigenvalue weighted by Gasteiger charge is -2.24. The first kappa shape index (κ1) is 13.3. The highest BCUT2D eigenvalue weighted by Crippen LogP contribution is 2.28. The summed E-state index contributed by atoms with van der Waals surface area (Å²) in [5, 5.41) is 13.3. The van der Waals surface area contributed by atoms with Crippen molar-refractivity contribution in [3.05, 3.63) is 71.8 Å². The van der Waals surface area contributed by atoms with Gasteiger partial charge in [0, 0.05) is 6.92 Å². The van der Waals surface area contributed by atoms with Gasteiger partial charge in [-0.2, -0.15) is 0 Å². The zero-order valence-corrected chi connectivity index (χ0v) is 10.8.